The highest BCUT2D eigenvalue weighted by Crippen LogP contribution is 2.05. The van der Waals surface area contributed by atoms with E-state index in [1.165, 1.54) is 0 Å². The molecule has 3 N–H and O–H groups in total. The van der Waals surface area contributed by atoms with Crippen LogP contribution in [0, 0.1) is 0 Å². The number of ether oxygens (including phenoxy) is 1. The van der Waals surface area contributed by atoms with Crippen molar-refractivity contribution in [3.8, 4) is 0 Å². The maximum absolute atomic E-state index is 11.2. The molecule has 0 aromatic rings. The van der Waals surface area contributed by atoms with Crippen molar-refractivity contribution in [3.05, 3.63) is 12.2 Å². The highest BCUT2D eigenvalue weighted by molar-refractivity contribution is 5.92. The van der Waals surface area contributed by atoms with Crippen LogP contribution in [0.25, 0.3) is 0 Å². The van der Waals surface area contributed by atoms with Gasteiger partial charge < -0.3 is 15.6 Å². The highest BCUT2D eigenvalue weighted by atomic mass is 16.5. The van der Waals surface area contributed by atoms with E-state index < -0.39 is 24.5 Å². The van der Waals surface area contributed by atoms with Crippen LogP contribution in [0.2, 0.25) is 0 Å². The van der Waals surface area contributed by atoms with Crippen LogP contribution in [0.3, 0.4) is 0 Å². The molecule has 0 aromatic carbocycles. The molecule has 0 amide bonds. The summed E-state index contributed by atoms with van der Waals surface area (Å²) in [5.74, 6) is -1.82. The second-order valence-corrected chi connectivity index (χ2v) is 3.14. The molecule has 14 heavy (non-hydrogen) atoms. The summed E-state index contributed by atoms with van der Waals surface area (Å²) in [6.07, 6.45) is -0.863. The summed E-state index contributed by atoms with van der Waals surface area (Å²) in [4.78, 5) is 21.4. The molecular formula is C9H15NO4. The molecule has 0 heterocycles. The first-order chi connectivity index (χ1) is 6.34. The molecule has 0 aliphatic carbocycles. The fourth-order valence-electron chi connectivity index (χ4n) is 0.614. The zero-order valence-corrected chi connectivity index (χ0v) is 8.32. The summed E-state index contributed by atoms with van der Waals surface area (Å²) in [5.41, 5.74) is 5.38. The molecule has 0 rings (SSSR count). The number of rotatable bonds is 5. The molecule has 0 radical (unpaired) electrons. The molecule has 80 valence electrons. The quantitative estimate of drug-likeness (QED) is 0.493. The largest absolute Gasteiger partial charge is 0.481 e. The summed E-state index contributed by atoms with van der Waals surface area (Å²) < 4.78 is 4.85. The van der Waals surface area contributed by atoms with Gasteiger partial charge in [-0.1, -0.05) is 6.58 Å². The van der Waals surface area contributed by atoms with Gasteiger partial charge in [-0.3, -0.25) is 4.79 Å². The van der Waals surface area contributed by atoms with Crippen LogP contribution >= 0.6 is 0 Å². The van der Waals surface area contributed by atoms with E-state index in [2.05, 4.69) is 6.58 Å². The molecular weight excluding hydrogens is 186 g/mol. The first-order valence-corrected chi connectivity index (χ1v) is 4.20. The first kappa shape index (κ1) is 12.6. The Morgan fingerprint density at radius 1 is 1.50 bits per heavy atom. The SMILES string of the molecule is C=C(CC(=O)O)C(=O)OC(C)C(C)N. The van der Waals surface area contributed by atoms with Crippen molar-refractivity contribution in [2.75, 3.05) is 0 Å². The van der Waals surface area contributed by atoms with E-state index in [1.54, 1.807) is 13.8 Å². The zero-order valence-electron chi connectivity index (χ0n) is 8.32. The van der Waals surface area contributed by atoms with Crippen LogP contribution in [0.4, 0.5) is 0 Å². The smallest absolute Gasteiger partial charge is 0.334 e. The van der Waals surface area contributed by atoms with Crippen LogP contribution in [0.1, 0.15) is 20.3 Å². The number of carbonyl (C=O) groups is 2. The molecule has 0 saturated heterocycles. The van der Waals surface area contributed by atoms with Gasteiger partial charge in [0.2, 0.25) is 0 Å². The molecule has 0 aromatic heterocycles. The minimum Gasteiger partial charge on any atom is -0.481 e. The first-order valence-electron chi connectivity index (χ1n) is 4.20. The molecule has 2 atom stereocenters. The Hall–Kier alpha value is -1.36. The van der Waals surface area contributed by atoms with E-state index in [4.69, 9.17) is 15.6 Å². The third kappa shape index (κ3) is 4.61. The number of hydrogen-bond donors (Lipinski definition) is 2. The van der Waals surface area contributed by atoms with Crippen LogP contribution in [-0.2, 0) is 14.3 Å². The number of aliphatic carboxylic acids is 1. The maximum atomic E-state index is 11.2. The normalized spacial score (nSPS) is 14.2. The van der Waals surface area contributed by atoms with Crippen LogP contribution < -0.4 is 5.73 Å². The molecule has 5 heteroatoms. The van der Waals surface area contributed by atoms with Crippen molar-refractivity contribution in [3.63, 3.8) is 0 Å². The van der Waals surface area contributed by atoms with E-state index in [-0.39, 0.29) is 11.6 Å². The lowest BCUT2D eigenvalue weighted by Crippen LogP contribution is -2.33. The number of hydrogen-bond acceptors (Lipinski definition) is 4. The number of carbonyl (C=O) groups excluding carboxylic acids is 1. The van der Waals surface area contributed by atoms with Gasteiger partial charge in [-0.15, -0.1) is 0 Å². The molecule has 0 saturated carbocycles. The summed E-state index contributed by atoms with van der Waals surface area (Å²) >= 11 is 0. The van der Waals surface area contributed by atoms with Gasteiger partial charge in [0.1, 0.15) is 6.10 Å². The van der Waals surface area contributed by atoms with Crippen molar-refractivity contribution in [1.29, 1.82) is 0 Å². The van der Waals surface area contributed by atoms with E-state index in [9.17, 15) is 9.59 Å². The van der Waals surface area contributed by atoms with E-state index in [0.717, 1.165) is 0 Å². The van der Waals surface area contributed by atoms with Crippen molar-refractivity contribution >= 4 is 11.9 Å². The second kappa shape index (κ2) is 5.39. The lowest BCUT2D eigenvalue weighted by Gasteiger charge is -2.16. The average Bonchev–Trinajstić information content (AvgIpc) is 2.02. The van der Waals surface area contributed by atoms with E-state index in [1.807, 2.05) is 0 Å². The second-order valence-electron chi connectivity index (χ2n) is 3.14. The Balaban J connectivity index is 4.08. The summed E-state index contributed by atoms with van der Waals surface area (Å²) in [6, 6.07) is -0.295. The molecule has 0 fully saturated rings. The van der Waals surface area contributed by atoms with Gasteiger partial charge in [0.05, 0.1) is 6.42 Å². The summed E-state index contributed by atoms with van der Waals surface area (Å²) in [6.45, 7) is 6.64. The van der Waals surface area contributed by atoms with E-state index >= 15 is 0 Å². The Morgan fingerprint density at radius 3 is 2.36 bits per heavy atom. The third-order valence-corrected chi connectivity index (χ3v) is 1.69. The molecule has 0 bridgehead atoms. The molecule has 0 aliphatic rings. The predicted octanol–water partition coefficient (Wildman–Crippen LogP) is 0.296. The van der Waals surface area contributed by atoms with Gasteiger partial charge in [0.25, 0.3) is 0 Å². The Labute approximate surface area is 82.5 Å². The minimum absolute atomic E-state index is 0.0787. The van der Waals surface area contributed by atoms with Gasteiger partial charge >= 0.3 is 11.9 Å². The standard InChI is InChI=1S/C9H15NO4/c1-5(4-8(11)12)9(13)14-7(3)6(2)10/h6-7H,1,4,10H2,2-3H3,(H,11,12). The zero-order chi connectivity index (χ0) is 11.3. The van der Waals surface area contributed by atoms with Gasteiger partial charge in [-0.25, -0.2) is 4.79 Å². The summed E-state index contributed by atoms with van der Waals surface area (Å²) in [7, 11) is 0. The lowest BCUT2D eigenvalue weighted by atomic mass is 10.2. The topological polar surface area (TPSA) is 89.6 Å². The Bertz CT molecular complexity index is 247. The van der Waals surface area contributed by atoms with Crippen molar-refractivity contribution < 1.29 is 19.4 Å². The highest BCUT2D eigenvalue weighted by Gasteiger charge is 2.17. The van der Waals surface area contributed by atoms with Gasteiger partial charge in [0, 0.05) is 11.6 Å². The predicted molar refractivity (Wildman–Crippen MR) is 50.6 cm³/mol. The minimum atomic E-state index is -1.11. The fraction of sp³-hybridized carbons (Fsp3) is 0.556. The van der Waals surface area contributed by atoms with Crippen LogP contribution in [-0.4, -0.2) is 29.2 Å². The van der Waals surface area contributed by atoms with E-state index in [0.29, 0.717) is 0 Å². The monoisotopic (exact) mass is 201 g/mol. The van der Waals surface area contributed by atoms with Crippen LogP contribution in [0.15, 0.2) is 12.2 Å². The molecule has 5 nitrogen and oxygen atoms in total. The average molecular weight is 201 g/mol. The Morgan fingerprint density at radius 2 is 2.00 bits per heavy atom. The van der Waals surface area contributed by atoms with Crippen LogP contribution in [0.5, 0.6) is 0 Å². The lowest BCUT2D eigenvalue weighted by molar-refractivity contribution is -0.146. The van der Waals surface area contributed by atoms with Gasteiger partial charge in [-0.2, -0.15) is 0 Å². The van der Waals surface area contributed by atoms with Crippen molar-refractivity contribution in [1.82, 2.24) is 0 Å². The third-order valence-electron chi connectivity index (χ3n) is 1.69. The van der Waals surface area contributed by atoms with Crippen molar-refractivity contribution in [2.24, 2.45) is 5.73 Å². The maximum Gasteiger partial charge on any atom is 0.334 e. The number of carboxylic acids is 1. The number of esters is 1. The Kier molecular flexibility index (Phi) is 4.86. The fourth-order valence-corrected chi connectivity index (χ4v) is 0.614. The molecule has 0 spiro atoms. The molecule has 0 aliphatic heterocycles. The van der Waals surface area contributed by atoms with Gasteiger partial charge in [-0.05, 0) is 13.8 Å². The van der Waals surface area contributed by atoms with Crippen molar-refractivity contribution in [2.45, 2.75) is 32.4 Å². The molecule has 2 unspecified atom stereocenters. The number of carboxylic acid groups (broad SMARTS) is 1. The summed E-state index contributed by atoms with van der Waals surface area (Å²) in [5, 5.41) is 8.38. The number of nitrogens with two attached hydrogens (primary N) is 1. The van der Waals surface area contributed by atoms with Gasteiger partial charge in [0.15, 0.2) is 0 Å².